The van der Waals surface area contributed by atoms with Crippen molar-refractivity contribution in [3.05, 3.63) is 107 Å². The molecule has 1 aliphatic carbocycles. The first-order valence-electron chi connectivity index (χ1n) is 16.2. The molecule has 0 bridgehead atoms. The van der Waals surface area contributed by atoms with Crippen LogP contribution in [-0.4, -0.2) is 56.0 Å². The number of fused-ring (bicyclic) bond motifs is 1. The number of hydrogen-bond acceptors (Lipinski definition) is 5. The monoisotopic (exact) mass is 611 g/mol. The van der Waals surface area contributed by atoms with Gasteiger partial charge in [0.2, 0.25) is 5.91 Å². The van der Waals surface area contributed by atoms with E-state index in [2.05, 4.69) is 90.0 Å². The molecule has 1 aromatic heterocycles. The zero-order chi connectivity index (χ0) is 30.5. The minimum absolute atomic E-state index is 0.00778. The number of aromatic nitrogens is 2. The van der Waals surface area contributed by atoms with Gasteiger partial charge in [-0.15, -0.1) is 12.6 Å². The minimum Gasteiger partial charge on any atom is -0.343 e. The van der Waals surface area contributed by atoms with Gasteiger partial charge in [0.05, 0.1) is 17.1 Å². The SMILES string of the molecule is CC(S)(NC(C1=CCC=CC=C1)c1ccccc1)N1CCC(n2c(=O)n(CCCN3CCCCC3=O)c3ccccc32)CC1. The number of carbonyl (C=O) groups is 1. The van der Waals surface area contributed by atoms with Gasteiger partial charge in [-0.05, 0) is 68.7 Å². The molecule has 1 N–H and O–H groups in total. The standard InChI is InChI=1S/C36H45N5O2S/c1-36(44,37-34(29-16-7-4-8-17-29)28-14-5-2-3-6-15-28)39-26-21-30(22-27-39)41-32-19-10-9-18-31(32)40(35(41)43)25-13-24-38-23-12-11-20-33(38)42/h2-5,7-10,14-19,30,34,37,44H,6,11-13,20-27H2,1H3. The number of carbonyl (C=O) groups excluding carboxylic acids is 1. The third-order valence-electron chi connectivity index (χ3n) is 9.46. The summed E-state index contributed by atoms with van der Waals surface area (Å²) in [5.41, 5.74) is 4.49. The van der Waals surface area contributed by atoms with E-state index in [4.69, 9.17) is 12.6 Å². The van der Waals surface area contributed by atoms with Gasteiger partial charge in [0.25, 0.3) is 0 Å². The maximum Gasteiger partial charge on any atom is 0.329 e. The van der Waals surface area contributed by atoms with Crippen LogP contribution in [0.5, 0.6) is 0 Å². The predicted molar refractivity (Wildman–Crippen MR) is 182 cm³/mol. The van der Waals surface area contributed by atoms with Gasteiger partial charge in [-0.3, -0.25) is 24.1 Å². The molecule has 7 nitrogen and oxygen atoms in total. The maximum atomic E-state index is 13.9. The molecule has 44 heavy (non-hydrogen) atoms. The Bertz CT molecular complexity index is 1590. The number of thiol groups is 1. The first-order chi connectivity index (χ1) is 21.4. The van der Waals surface area contributed by atoms with Crippen molar-refractivity contribution in [2.45, 2.75) is 75.5 Å². The molecule has 2 atom stereocenters. The highest BCUT2D eigenvalue weighted by Crippen LogP contribution is 2.34. The van der Waals surface area contributed by atoms with Gasteiger partial charge in [-0.1, -0.05) is 72.8 Å². The normalized spacial score (nSPS) is 20.5. The van der Waals surface area contributed by atoms with E-state index in [1.807, 2.05) is 26.2 Å². The molecule has 232 valence electrons. The highest BCUT2D eigenvalue weighted by atomic mass is 32.1. The Morgan fingerprint density at radius 3 is 2.45 bits per heavy atom. The van der Waals surface area contributed by atoms with Crippen molar-refractivity contribution >= 4 is 29.6 Å². The van der Waals surface area contributed by atoms with E-state index in [-0.39, 0.29) is 23.7 Å². The van der Waals surface area contributed by atoms with Crippen molar-refractivity contribution in [3.8, 4) is 0 Å². The van der Waals surface area contributed by atoms with Crippen LogP contribution in [0.15, 0.2) is 95.3 Å². The van der Waals surface area contributed by atoms with Crippen LogP contribution in [0.1, 0.15) is 69.5 Å². The number of nitrogens with zero attached hydrogens (tertiary/aromatic N) is 4. The molecule has 3 aliphatic rings. The number of allylic oxidation sites excluding steroid dienone is 4. The summed E-state index contributed by atoms with van der Waals surface area (Å²) in [5, 5.41) is 3.87. The molecule has 8 heteroatoms. The van der Waals surface area contributed by atoms with Crippen LogP contribution in [0.4, 0.5) is 0 Å². The first-order valence-corrected chi connectivity index (χ1v) is 16.7. The van der Waals surface area contributed by atoms with E-state index in [0.717, 1.165) is 69.2 Å². The molecular formula is C36H45N5O2S. The molecule has 2 fully saturated rings. The topological polar surface area (TPSA) is 62.5 Å². The van der Waals surface area contributed by atoms with E-state index >= 15 is 0 Å². The summed E-state index contributed by atoms with van der Waals surface area (Å²) in [6.07, 6.45) is 17.0. The second-order valence-corrected chi connectivity index (χ2v) is 13.3. The lowest BCUT2D eigenvalue weighted by Crippen LogP contribution is -2.56. The van der Waals surface area contributed by atoms with Crippen molar-refractivity contribution in [1.82, 2.24) is 24.3 Å². The number of imidazole rings is 1. The number of aryl methyl sites for hydroxylation is 1. The largest absolute Gasteiger partial charge is 0.343 e. The lowest BCUT2D eigenvalue weighted by atomic mass is 9.96. The lowest BCUT2D eigenvalue weighted by molar-refractivity contribution is -0.133. The summed E-state index contributed by atoms with van der Waals surface area (Å²) in [4.78, 5) is 30.0. The molecule has 2 aliphatic heterocycles. The number of benzene rings is 2. The first kappa shape index (κ1) is 30.7. The minimum atomic E-state index is -0.551. The van der Waals surface area contributed by atoms with Crippen LogP contribution in [-0.2, 0) is 11.3 Å². The Morgan fingerprint density at radius 2 is 1.68 bits per heavy atom. The van der Waals surface area contributed by atoms with Crippen LogP contribution in [0.2, 0.25) is 0 Å². The molecule has 0 spiro atoms. The quantitative estimate of drug-likeness (QED) is 0.211. The molecule has 2 aromatic carbocycles. The van der Waals surface area contributed by atoms with E-state index in [1.54, 1.807) is 0 Å². The number of nitrogens with one attached hydrogen (secondary N) is 1. The molecule has 6 rings (SSSR count). The van der Waals surface area contributed by atoms with E-state index in [9.17, 15) is 9.59 Å². The fourth-order valence-electron chi connectivity index (χ4n) is 7.06. The van der Waals surface area contributed by atoms with Crippen molar-refractivity contribution in [2.24, 2.45) is 0 Å². The fraction of sp³-hybridized carbons (Fsp3) is 0.444. The number of hydrogen-bond donors (Lipinski definition) is 2. The molecular weight excluding hydrogens is 566 g/mol. The number of rotatable bonds is 10. The van der Waals surface area contributed by atoms with E-state index in [1.165, 1.54) is 11.1 Å². The molecule has 0 radical (unpaired) electrons. The zero-order valence-electron chi connectivity index (χ0n) is 25.8. The Morgan fingerprint density at radius 1 is 0.932 bits per heavy atom. The van der Waals surface area contributed by atoms with Gasteiger partial charge in [0.1, 0.15) is 4.99 Å². The molecule has 3 heterocycles. The van der Waals surface area contributed by atoms with Crippen LogP contribution in [0.25, 0.3) is 11.0 Å². The number of piperidine rings is 2. The molecule has 0 saturated carbocycles. The average Bonchev–Trinajstić information content (AvgIpc) is 3.18. The summed E-state index contributed by atoms with van der Waals surface area (Å²) in [5.74, 6) is 0.248. The predicted octanol–water partition coefficient (Wildman–Crippen LogP) is 6.22. The fourth-order valence-corrected chi connectivity index (χ4v) is 7.39. The molecule has 1 amide bonds. The number of para-hydroxylation sites is 2. The Hall–Kier alpha value is -3.33. The van der Waals surface area contributed by atoms with Crippen LogP contribution < -0.4 is 11.0 Å². The van der Waals surface area contributed by atoms with Crippen molar-refractivity contribution < 1.29 is 4.79 Å². The summed E-state index contributed by atoms with van der Waals surface area (Å²) >= 11 is 5.20. The average molecular weight is 612 g/mol. The van der Waals surface area contributed by atoms with E-state index < -0.39 is 4.99 Å². The second-order valence-electron chi connectivity index (χ2n) is 12.4. The van der Waals surface area contributed by atoms with Crippen molar-refractivity contribution in [1.29, 1.82) is 0 Å². The summed E-state index contributed by atoms with van der Waals surface area (Å²) < 4.78 is 3.95. The molecule has 2 saturated heterocycles. The van der Waals surface area contributed by atoms with Gasteiger partial charge in [-0.2, -0.15) is 0 Å². The summed E-state index contributed by atoms with van der Waals surface area (Å²) in [7, 11) is 0. The highest BCUT2D eigenvalue weighted by molar-refractivity contribution is 7.81. The van der Waals surface area contributed by atoms with Gasteiger partial charge >= 0.3 is 5.69 Å². The van der Waals surface area contributed by atoms with Crippen LogP contribution in [0.3, 0.4) is 0 Å². The number of likely N-dealkylation sites (tertiary alicyclic amines) is 2. The lowest BCUT2D eigenvalue weighted by Gasteiger charge is -2.44. The second kappa shape index (κ2) is 13.8. The van der Waals surface area contributed by atoms with Crippen LogP contribution >= 0.6 is 12.6 Å². The van der Waals surface area contributed by atoms with Gasteiger partial charge in [0.15, 0.2) is 0 Å². The van der Waals surface area contributed by atoms with Crippen molar-refractivity contribution in [3.63, 3.8) is 0 Å². The highest BCUT2D eigenvalue weighted by Gasteiger charge is 2.35. The summed E-state index contributed by atoms with van der Waals surface area (Å²) in [6.45, 7) is 5.98. The van der Waals surface area contributed by atoms with Crippen LogP contribution in [0, 0.1) is 0 Å². The van der Waals surface area contributed by atoms with Crippen molar-refractivity contribution in [2.75, 3.05) is 26.2 Å². The zero-order valence-corrected chi connectivity index (χ0v) is 26.7. The Kier molecular flexibility index (Phi) is 9.59. The van der Waals surface area contributed by atoms with Gasteiger partial charge < -0.3 is 4.90 Å². The summed E-state index contributed by atoms with van der Waals surface area (Å²) in [6, 6.07) is 18.9. The van der Waals surface area contributed by atoms with Gasteiger partial charge in [-0.25, -0.2) is 4.79 Å². The molecule has 3 aromatic rings. The van der Waals surface area contributed by atoms with Gasteiger partial charge in [0, 0.05) is 45.2 Å². The molecule has 2 unspecified atom stereocenters. The third kappa shape index (κ3) is 6.67. The maximum absolute atomic E-state index is 13.9. The Balaban J connectivity index is 1.16. The third-order valence-corrected chi connectivity index (χ3v) is 9.87. The number of amides is 1. The Labute approximate surface area is 266 Å². The van der Waals surface area contributed by atoms with E-state index in [0.29, 0.717) is 19.5 Å². The smallest absolute Gasteiger partial charge is 0.329 e.